The number of hydrogen-bond acceptors (Lipinski definition) is 3. The van der Waals surface area contributed by atoms with Gasteiger partial charge in [-0.05, 0) is 36.3 Å². The largest absolute Gasteiger partial charge is 0.309 e. The van der Waals surface area contributed by atoms with Crippen molar-refractivity contribution in [2.45, 2.75) is 37.6 Å². The van der Waals surface area contributed by atoms with Crippen molar-refractivity contribution in [3.8, 4) is 0 Å². The quantitative estimate of drug-likeness (QED) is 0.850. The fourth-order valence-corrected chi connectivity index (χ4v) is 3.11. The summed E-state index contributed by atoms with van der Waals surface area (Å²) in [5.74, 6) is 1.33. The molecule has 1 aromatic heterocycles. The summed E-state index contributed by atoms with van der Waals surface area (Å²) in [4.78, 5) is 4.02. The molecule has 2 heterocycles. The van der Waals surface area contributed by atoms with E-state index in [4.69, 9.17) is 0 Å². The van der Waals surface area contributed by atoms with Crippen LogP contribution in [0.15, 0.2) is 24.5 Å². The Hall–Kier alpha value is -0.540. The SMILES string of the molecule is CC1SCCCC1NCc1ccncc1. The maximum Gasteiger partial charge on any atom is 0.0271 e. The Balaban J connectivity index is 1.82. The highest BCUT2D eigenvalue weighted by molar-refractivity contribution is 7.99. The molecular weight excluding hydrogens is 204 g/mol. The topological polar surface area (TPSA) is 24.9 Å². The number of aromatic nitrogens is 1. The highest BCUT2D eigenvalue weighted by Crippen LogP contribution is 2.25. The monoisotopic (exact) mass is 222 g/mol. The van der Waals surface area contributed by atoms with Crippen LogP contribution in [0.5, 0.6) is 0 Å². The molecule has 82 valence electrons. The molecule has 0 bridgehead atoms. The summed E-state index contributed by atoms with van der Waals surface area (Å²) in [5, 5.41) is 4.39. The zero-order chi connectivity index (χ0) is 10.5. The zero-order valence-corrected chi connectivity index (χ0v) is 9.96. The van der Waals surface area contributed by atoms with Crippen molar-refractivity contribution in [2.75, 3.05) is 5.75 Å². The fraction of sp³-hybridized carbons (Fsp3) is 0.583. The van der Waals surface area contributed by atoms with Crippen LogP contribution in [-0.4, -0.2) is 22.0 Å². The lowest BCUT2D eigenvalue weighted by Gasteiger charge is -2.29. The summed E-state index contributed by atoms with van der Waals surface area (Å²) in [6.45, 7) is 3.30. The molecule has 0 spiro atoms. The summed E-state index contributed by atoms with van der Waals surface area (Å²) in [6.07, 6.45) is 6.38. The lowest BCUT2D eigenvalue weighted by Crippen LogP contribution is -2.38. The molecule has 2 unspecified atom stereocenters. The van der Waals surface area contributed by atoms with Crippen LogP contribution in [-0.2, 0) is 6.54 Å². The zero-order valence-electron chi connectivity index (χ0n) is 9.15. The molecule has 1 aliphatic heterocycles. The molecule has 0 radical (unpaired) electrons. The second-order valence-corrected chi connectivity index (χ2v) is 5.55. The van der Waals surface area contributed by atoms with Crippen LogP contribution >= 0.6 is 11.8 Å². The Morgan fingerprint density at radius 1 is 1.47 bits per heavy atom. The van der Waals surface area contributed by atoms with E-state index in [1.54, 1.807) is 0 Å². The summed E-state index contributed by atoms with van der Waals surface area (Å²) in [6, 6.07) is 4.83. The van der Waals surface area contributed by atoms with E-state index in [1.807, 2.05) is 12.4 Å². The molecule has 1 aromatic rings. The summed E-state index contributed by atoms with van der Waals surface area (Å²) < 4.78 is 0. The average molecular weight is 222 g/mol. The molecule has 1 aliphatic rings. The number of nitrogens with zero attached hydrogens (tertiary/aromatic N) is 1. The van der Waals surface area contributed by atoms with Crippen LogP contribution in [0.4, 0.5) is 0 Å². The molecule has 0 saturated carbocycles. The Kier molecular flexibility index (Phi) is 4.03. The van der Waals surface area contributed by atoms with E-state index in [1.165, 1.54) is 24.2 Å². The van der Waals surface area contributed by atoms with E-state index in [2.05, 4.69) is 41.1 Å². The first kappa shape index (κ1) is 11.0. The Morgan fingerprint density at radius 2 is 2.27 bits per heavy atom. The van der Waals surface area contributed by atoms with Gasteiger partial charge in [0.05, 0.1) is 0 Å². The first-order valence-corrected chi connectivity index (χ1v) is 6.65. The van der Waals surface area contributed by atoms with Crippen LogP contribution in [0, 0.1) is 0 Å². The smallest absolute Gasteiger partial charge is 0.0271 e. The fourth-order valence-electron chi connectivity index (χ4n) is 1.94. The van der Waals surface area contributed by atoms with Gasteiger partial charge in [0.15, 0.2) is 0 Å². The van der Waals surface area contributed by atoms with E-state index >= 15 is 0 Å². The summed E-state index contributed by atoms with van der Waals surface area (Å²) >= 11 is 2.09. The Bertz CT molecular complexity index is 289. The number of nitrogens with one attached hydrogen (secondary N) is 1. The lowest BCUT2D eigenvalue weighted by molar-refractivity contribution is 0.462. The minimum atomic E-state index is 0.678. The number of hydrogen-bond donors (Lipinski definition) is 1. The highest BCUT2D eigenvalue weighted by atomic mass is 32.2. The maximum absolute atomic E-state index is 4.02. The van der Waals surface area contributed by atoms with Crippen LogP contribution in [0.25, 0.3) is 0 Å². The lowest BCUT2D eigenvalue weighted by atomic mass is 10.1. The Labute approximate surface area is 95.9 Å². The molecule has 1 saturated heterocycles. The van der Waals surface area contributed by atoms with Crippen LogP contribution < -0.4 is 5.32 Å². The van der Waals surface area contributed by atoms with Gasteiger partial charge in [0.25, 0.3) is 0 Å². The van der Waals surface area contributed by atoms with E-state index in [0.29, 0.717) is 6.04 Å². The average Bonchev–Trinajstić information content (AvgIpc) is 2.29. The second kappa shape index (κ2) is 5.52. The van der Waals surface area contributed by atoms with Crippen LogP contribution in [0.2, 0.25) is 0 Å². The molecule has 1 N–H and O–H groups in total. The van der Waals surface area contributed by atoms with Crippen molar-refractivity contribution in [1.29, 1.82) is 0 Å². The maximum atomic E-state index is 4.02. The summed E-state index contributed by atoms with van der Waals surface area (Å²) in [7, 11) is 0. The third-order valence-electron chi connectivity index (χ3n) is 2.92. The molecule has 2 atom stereocenters. The normalized spacial score (nSPS) is 26.5. The molecular formula is C12H18N2S. The van der Waals surface area contributed by atoms with E-state index in [9.17, 15) is 0 Å². The van der Waals surface area contributed by atoms with Gasteiger partial charge in [-0.2, -0.15) is 11.8 Å². The van der Waals surface area contributed by atoms with Crippen molar-refractivity contribution in [1.82, 2.24) is 10.3 Å². The number of rotatable bonds is 3. The third kappa shape index (κ3) is 3.21. The standard InChI is InChI=1S/C12H18N2S/c1-10-12(3-2-8-15-10)14-9-11-4-6-13-7-5-11/h4-7,10,12,14H,2-3,8-9H2,1H3. The van der Waals surface area contributed by atoms with Crippen molar-refractivity contribution < 1.29 is 0 Å². The van der Waals surface area contributed by atoms with Crippen LogP contribution in [0.3, 0.4) is 0 Å². The van der Waals surface area contributed by atoms with E-state index in [0.717, 1.165) is 11.8 Å². The predicted octanol–water partition coefficient (Wildman–Crippen LogP) is 2.46. The van der Waals surface area contributed by atoms with Gasteiger partial charge in [0.1, 0.15) is 0 Å². The van der Waals surface area contributed by atoms with Gasteiger partial charge in [-0.3, -0.25) is 4.98 Å². The van der Waals surface area contributed by atoms with Crippen molar-refractivity contribution in [3.63, 3.8) is 0 Å². The van der Waals surface area contributed by atoms with Gasteiger partial charge in [-0.15, -0.1) is 0 Å². The molecule has 2 nitrogen and oxygen atoms in total. The number of thioether (sulfide) groups is 1. The molecule has 3 heteroatoms. The van der Waals surface area contributed by atoms with Gasteiger partial charge in [0, 0.05) is 30.2 Å². The molecule has 1 fully saturated rings. The van der Waals surface area contributed by atoms with Crippen molar-refractivity contribution in [2.24, 2.45) is 0 Å². The first-order valence-electron chi connectivity index (χ1n) is 5.60. The minimum Gasteiger partial charge on any atom is -0.309 e. The molecule has 0 aliphatic carbocycles. The van der Waals surface area contributed by atoms with Crippen LogP contribution in [0.1, 0.15) is 25.3 Å². The van der Waals surface area contributed by atoms with E-state index in [-0.39, 0.29) is 0 Å². The highest BCUT2D eigenvalue weighted by Gasteiger charge is 2.20. The van der Waals surface area contributed by atoms with Gasteiger partial charge in [0.2, 0.25) is 0 Å². The summed E-state index contributed by atoms with van der Waals surface area (Å²) in [5.41, 5.74) is 1.33. The van der Waals surface area contributed by atoms with Gasteiger partial charge < -0.3 is 5.32 Å². The molecule has 2 rings (SSSR count). The van der Waals surface area contributed by atoms with E-state index < -0.39 is 0 Å². The molecule has 0 amide bonds. The predicted molar refractivity (Wildman–Crippen MR) is 66.0 cm³/mol. The van der Waals surface area contributed by atoms with Gasteiger partial charge in [-0.25, -0.2) is 0 Å². The third-order valence-corrected chi connectivity index (χ3v) is 4.30. The molecule has 0 aromatic carbocycles. The van der Waals surface area contributed by atoms with Crippen molar-refractivity contribution in [3.05, 3.63) is 30.1 Å². The van der Waals surface area contributed by atoms with Crippen molar-refractivity contribution >= 4 is 11.8 Å². The first-order chi connectivity index (χ1) is 7.36. The second-order valence-electron chi connectivity index (χ2n) is 4.06. The van der Waals surface area contributed by atoms with Gasteiger partial charge >= 0.3 is 0 Å². The Morgan fingerprint density at radius 3 is 3.00 bits per heavy atom. The van der Waals surface area contributed by atoms with Gasteiger partial charge in [-0.1, -0.05) is 6.92 Å². The number of pyridine rings is 1. The molecule has 15 heavy (non-hydrogen) atoms. The minimum absolute atomic E-state index is 0.678.